The molecule has 1 heterocycles. The Hall–Kier alpha value is -4.20. The minimum atomic E-state index is -0.586. The van der Waals surface area contributed by atoms with E-state index < -0.39 is 17.1 Å². The summed E-state index contributed by atoms with van der Waals surface area (Å²) in [5, 5.41) is 14.4. The molecule has 0 aromatic heterocycles. The molecule has 1 amide bonds. The van der Waals surface area contributed by atoms with Crippen LogP contribution in [0.3, 0.4) is 0 Å². The lowest BCUT2D eigenvalue weighted by Crippen LogP contribution is -2.43. The van der Waals surface area contributed by atoms with Crippen LogP contribution in [0, 0.1) is 10.1 Å². The van der Waals surface area contributed by atoms with E-state index in [9.17, 15) is 19.7 Å². The van der Waals surface area contributed by atoms with Gasteiger partial charge in [0.1, 0.15) is 6.17 Å². The second-order valence-corrected chi connectivity index (χ2v) is 6.88. The largest absolute Gasteiger partial charge is 0.462 e. The molecule has 3 aromatic carbocycles. The van der Waals surface area contributed by atoms with Gasteiger partial charge in [0.25, 0.3) is 11.6 Å². The number of amides is 1. The molecule has 156 valence electrons. The van der Waals surface area contributed by atoms with Gasteiger partial charge in [0.2, 0.25) is 0 Å². The first-order chi connectivity index (χ1) is 15.0. The molecule has 1 unspecified atom stereocenters. The normalized spacial score (nSPS) is 15.1. The number of hydrogen-bond acceptors (Lipinski definition) is 6. The number of ether oxygens (including phenoxy) is 1. The molecule has 0 aliphatic carbocycles. The summed E-state index contributed by atoms with van der Waals surface area (Å²) in [6.45, 7) is 2.00. The van der Waals surface area contributed by atoms with Crippen molar-refractivity contribution in [2.75, 3.05) is 16.8 Å². The Morgan fingerprint density at radius 1 is 1.06 bits per heavy atom. The van der Waals surface area contributed by atoms with E-state index in [1.54, 1.807) is 60.4 Å². The number of rotatable bonds is 5. The maximum Gasteiger partial charge on any atom is 0.338 e. The number of carbonyl (C=O) groups is 2. The predicted molar refractivity (Wildman–Crippen MR) is 115 cm³/mol. The Bertz CT molecular complexity index is 1140. The molecule has 0 radical (unpaired) electrons. The van der Waals surface area contributed by atoms with Crippen LogP contribution in [0.1, 0.15) is 39.4 Å². The topological polar surface area (TPSA) is 102 Å². The molecule has 3 aromatic rings. The predicted octanol–water partition coefficient (Wildman–Crippen LogP) is 4.54. The summed E-state index contributed by atoms with van der Waals surface area (Å²) < 4.78 is 5.01. The van der Waals surface area contributed by atoms with Gasteiger partial charge in [-0.2, -0.15) is 0 Å². The number of fused-ring (bicyclic) bond motifs is 1. The number of benzene rings is 3. The molecule has 8 nitrogen and oxygen atoms in total. The number of carbonyl (C=O) groups excluding carboxylic acids is 2. The molecule has 1 atom stereocenters. The zero-order valence-electron chi connectivity index (χ0n) is 16.6. The third-order valence-corrected chi connectivity index (χ3v) is 5.00. The summed E-state index contributed by atoms with van der Waals surface area (Å²) in [5.74, 6) is -0.656. The van der Waals surface area contributed by atoms with Crippen molar-refractivity contribution in [3.05, 3.63) is 99.6 Å². The fraction of sp³-hybridized carbons (Fsp3) is 0.130. The minimum absolute atomic E-state index is 0.0309. The van der Waals surface area contributed by atoms with Gasteiger partial charge in [-0.25, -0.2) is 4.79 Å². The van der Waals surface area contributed by atoms with Crippen LogP contribution in [0.15, 0.2) is 72.8 Å². The van der Waals surface area contributed by atoms with E-state index in [1.165, 1.54) is 12.1 Å². The first-order valence-corrected chi connectivity index (χ1v) is 9.70. The van der Waals surface area contributed by atoms with Gasteiger partial charge in [-0.3, -0.25) is 19.8 Å². The first-order valence-electron chi connectivity index (χ1n) is 9.70. The fourth-order valence-electron chi connectivity index (χ4n) is 3.50. The average Bonchev–Trinajstić information content (AvgIpc) is 2.79. The van der Waals surface area contributed by atoms with E-state index >= 15 is 0 Å². The molecular formula is C23H19N3O5. The highest BCUT2D eigenvalue weighted by molar-refractivity contribution is 6.12. The van der Waals surface area contributed by atoms with Crippen molar-refractivity contribution in [3.63, 3.8) is 0 Å². The number of non-ortho nitro benzene ring substituents is 1. The van der Waals surface area contributed by atoms with Crippen LogP contribution in [-0.2, 0) is 4.74 Å². The van der Waals surface area contributed by atoms with E-state index in [4.69, 9.17) is 4.74 Å². The summed E-state index contributed by atoms with van der Waals surface area (Å²) >= 11 is 0. The number of nitro benzene ring substituents is 1. The number of nitrogens with one attached hydrogen (secondary N) is 1. The lowest BCUT2D eigenvalue weighted by atomic mass is 10.0. The molecule has 0 saturated heterocycles. The van der Waals surface area contributed by atoms with Crippen molar-refractivity contribution in [1.29, 1.82) is 0 Å². The summed E-state index contributed by atoms with van der Waals surface area (Å²) in [7, 11) is 0. The van der Waals surface area contributed by atoms with Crippen LogP contribution in [0.25, 0.3) is 0 Å². The Labute approximate surface area is 178 Å². The molecule has 0 spiro atoms. The van der Waals surface area contributed by atoms with Crippen molar-refractivity contribution in [2.24, 2.45) is 0 Å². The van der Waals surface area contributed by atoms with Gasteiger partial charge in [0, 0.05) is 23.5 Å². The van der Waals surface area contributed by atoms with Crippen LogP contribution in [0.2, 0.25) is 0 Å². The van der Waals surface area contributed by atoms with Gasteiger partial charge in [-0.15, -0.1) is 0 Å². The number of anilines is 2. The summed E-state index contributed by atoms with van der Waals surface area (Å²) in [6.07, 6.45) is -0.586. The molecule has 31 heavy (non-hydrogen) atoms. The van der Waals surface area contributed by atoms with Crippen LogP contribution in [0.5, 0.6) is 0 Å². The zero-order valence-corrected chi connectivity index (χ0v) is 16.6. The number of hydrogen-bond donors (Lipinski definition) is 1. The molecule has 0 bridgehead atoms. The molecular weight excluding hydrogens is 398 g/mol. The van der Waals surface area contributed by atoms with Crippen LogP contribution < -0.4 is 10.2 Å². The maximum atomic E-state index is 13.4. The zero-order chi connectivity index (χ0) is 22.0. The minimum Gasteiger partial charge on any atom is -0.462 e. The second-order valence-electron chi connectivity index (χ2n) is 6.88. The van der Waals surface area contributed by atoms with E-state index in [-0.39, 0.29) is 18.2 Å². The van der Waals surface area contributed by atoms with Crippen LogP contribution in [0.4, 0.5) is 17.1 Å². The number of nitro groups is 1. The maximum absolute atomic E-state index is 13.4. The lowest BCUT2D eigenvalue weighted by molar-refractivity contribution is -0.384. The summed E-state index contributed by atoms with van der Waals surface area (Å²) in [5.41, 5.74) is 2.80. The van der Waals surface area contributed by atoms with Crippen molar-refractivity contribution in [3.8, 4) is 0 Å². The monoisotopic (exact) mass is 417 g/mol. The molecule has 1 N–H and O–H groups in total. The fourth-order valence-corrected chi connectivity index (χ4v) is 3.50. The number of para-hydroxylation sites is 1. The highest BCUT2D eigenvalue weighted by atomic mass is 16.6. The first kappa shape index (κ1) is 20.1. The van der Waals surface area contributed by atoms with Gasteiger partial charge < -0.3 is 10.1 Å². The Balaban J connectivity index is 1.75. The third kappa shape index (κ3) is 3.83. The van der Waals surface area contributed by atoms with E-state index in [0.717, 1.165) is 0 Å². The highest BCUT2D eigenvalue weighted by Gasteiger charge is 2.34. The van der Waals surface area contributed by atoms with Crippen molar-refractivity contribution in [1.82, 2.24) is 0 Å². The van der Waals surface area contributed by atoms with Crippen molar-refractivity contribution >= 4 is 28.9 Å². The van der Waals surface area contributed by atoms with Crippen molar-refractivity contribution < 1.29 is 19.2 Å². The van der Waals surface area contributed by atoms with Crippen molar-refractivity contribution in [2.45, 2.75) is 13.1 Å². The van der Waals surface area contributed by atoms with Crippen LogP contribution in [-0.4, -0.2) is 23.4 Å². The van der Waals surface area contributed by atoms with Crippen LogP contribution >= 0.6 is 0 Å². The summed E-state index contributed by atoms with van der Waals surface area (Å²) in [4.78, 5) is 37.5. The Kier molecular flexibility index (Phi) is 5.36. The van der Waals surface area contributed by atoms with Gasteiger partial charge in [0.15, 0.2) is 0 Å². The average molecular weight is 417 g/mol. The van der Waals surface area contributed by atoms with E-state index in [1.807, 2.05) is 12.1 Å². The van der Waals surface area contributed by atoms with E-state index in [0.29, 0.717) is 28.1 Å². The molecule has 8 heteroatoms. The molecule has 4 rings (SSSR count). The highest BCUT2D eigenvalue weighted by Crippen LogP contribution is 2.37. The number of nitrogens with zero attached hydrogens (tertiary/aromatic N) is 2. The SMILES string of the molecule is CCOC(=O)c1ccc(N2C(=O)c3ccccc3NC2c2ccc([N+](=O)[O-])cc2)cc1. The molecule has 1 aliphatic heterocycles. The quantitative estimate of drug-likeness (QED) is 0.371. The van der Waals surface area contributed by atoms with E-state index in [2.05, 4.69) is 5.32 Å². The van der Waals surface area contributed by atoms with Gasteiger partial charge in [-0.05, 0) is 61.0 Å². The molecule has 1 aliphatic rings. The van der Waals surface area contributed by atoms with Gasteiger partial charge in [-0.1, -0.05) is 12.1 Å². The Morgan fingerprint density at radius 3 is 2.39 bits per heavy atom. The Morgan fingerprint density at radius 2 is 1.74 bits per heavy atom. The molecule has 0 fully saturated rings. The summed E-state index contributed by atoms with van der Waals surface area (Å²) in [6, 6.07) is 19.8. The molecule has 0 saturated carbocycles. The smallest absolute Gasteiger partial charge is 0.338 e. The lowest BCUT2D eigenvalue weighted by Gasteiger charge is -2.38. The second kappa shape index (κ2) is 8.27. The third-order valence-electron chi connectivity index (χ3n) is 5.00. The number of esters is 1. The van der Waals surface area contributed by atoms with Gasteiger partial charge in [0.05, 0.1) is 22.7 Å². The van der Waals surface area contributed by atoms with Gasteiger partial charge >= 0.3 is 5.97 Å². The standard InChI is InChI=1S/C23H19N3O5/c1-2-31-23(28)16-9-11-17(12-10-16)25-21(15-7-13-18(14-8-15)26(29)30)24-20-6-4-3-5-19(20)22(25)27/h3-14,21,24H,2H2,1H3.